The number of hydrogen-bond donors (Lipinski definition) is 0. The fourth-order valence-electron chi connectivity index (χ4n) is 3.32. The van der Waals surface area contributed by atoms with Gasteiger partial charge in [-0.25, -0.2) is 9.97 Å². The molecule has 0 amide bonds. The standard InChI is InChI=1S/C26H17ClN2O/c27-20-12-16-22(17-13-20)30-21-14-10-19(11-15-21)26-25(18-6-2-1-3-7-18)28-23-8-4-5-9-24(23)29-26/h1-17H. The average molecular weight is 409 g/mol. The van der Waals surface area contributed by atoms with Gasteiger partial charge in [0, 0.05) is 16.1 Å². The Morgan fingerprint density at radius 2 is 0.967 bits per heavy atom. The summed E-state index contributed by atoms with van der Waals surface area (Å²) < 4.78 is 5.91. The SMILES string of the molecule is Clc1ccc(Oc2ccc(-c3nc4ccccc4nc3-c3ccccc3)cc2)cc1. The predicted molar refractivity (Wildman–Crippen MR) is 122 cm³/mol. The van der Waals surface area contributed by atoms with Crippen LogP contribution in [-0.2, 0) is 0 Å². The van der Waals surface area contributed by atoms with Gasteiger partial charge in [-0.2, -0.15) is 0 Å². The summed E-state index contributed by atoms with van der Waals surface area (Å²) in [6.07, 6.45) is 0. The molecule has 1 aromatic heterocycles. The van der Waals surface area contributed by atoms with Crippen LogP contribution in [-0.4, -0.2) is 9.97 Å². The van der Waals surface area contributed by atoms with Gasteiger partial charge in [-0.15, -0.1) is 0 Å². The van der Waals surface area contributed by atoms with E-state index in [0.717, 1.165) is 45.0 Å². The van der Waals surface area contributed by atoms with E-state index in [1.165, 1.54) is 0 Å². The summed E-state index contributed by atoms with van der Waals surface area (Å²) in [4.78, 5) is 9.84. The van der Waals surface area contributed by atoms with Crippen LogP contribution < -0.4 is 4.74 Å². The van der Waals surface area contributed by atoms with Crippen LogP contribution in [0.15, 0.2) is 103 Å². The molecule has 0 atom stereocenters. The van der Waals surface area contributed by atoms with Crippen molar-refractivity contribution >= 4 is 22.6 Å². The van der Waals surface area contributed by atoms with E-state index in [4.69, 9.17) is 26.3 Å². The lowest BCUT2D eigenvalue weighted by atomic mass is 10.0. The highest BCUT2D eigenvalue weighted by Crippen LogP contribution is 2.32. The van der Waals surface area contributed by atoms with E-state index in [9.17, 15) is 0 Å². The predicted octanol–water partition coefficient (Wildman–Crippen LogP) is 7.41. The molecule has 0 unspecified atom stereocenters. The first-order valence-electron chi connectivity index (χ1n) is 9.62. The van der Waals surface area contributed by atoms with Crippen molar-refractivity contribution in [2.24, 2.45) is 0 Å². The van der Waals surface area contributed by atoms with Crippen molar-refractivity contribution in [1.29, 1.82) is 0 Å². The first kappa shape index (κ1) is 18.3. The Labute approximate surface area is 179 Å². The third-order valence-electron chi connectivity index (χ3n) is 4.79. The Balaban J connectivity index is 1.55. The van der Waals surface area contributed by atoms with Crippen LogP contribution in [0.1, 0.15) is 0 Å². The van der Waals surface area contributed by atoms with Gasteiger partial charge in [-0.05, 0) is 60.7 Å². The minimum Gasteiger partial charge on any atom is -0.457 e. The molecule has 0 bridgehead atoms. The number of nitrogens with zero attached hydrogens (tertiary/aromatic N) is 2. The quantitative estimate of drug-likeness (QED) is 0.310. The normalized spacial score (nSPS) is 10.8. The molecule has 144 valence electrons. The fraction of sp³-hybridized carbons (Fsp3) is 0. The molecule has 5 aromatic rings. The molecule has 4 aromatic carbocycles. The van der Waals surface area contributed by atoms with E-state index >= 15 is 0 Å². The lowest BCUT2D eigenvalue weighted by Gasteiger charge is -2.11. The highest BCUT2D eigenvalue weighted by molar-refractivity contribution is 6.30. The van der Waals surface area contributed by atoms with Gasteiger partial charge in [0.1, 0.15) is 11.5 Å². The summed E-state index contributed by atoms with van der Waals surface area (Å²) in [7, 11) is 0. The third-order valence-corrected chi connectivity index (χ3v) is 5.05. The minimum absolute atomic E-state index is 0.681. The van der Waals surface area contributed by atoms with Crippen LogP contribution in [0, 0.1) is 0 Å². The molecule has 0 aliphatic rings. The zero-order valence-electron chi connectivity index (χ0n) is 16.0. The molecule has 0 fully saturated rings. The molecule has 5 rings (SSSR count). The van der Waals surface area contributed by atoms with Gasteiger partial charge in [0.15, 0.2) is 0 Å². The largest absolute Gasteiger partial charge is 0.457 e. The highest BCUT2D eigenvalue weighted by Gasteiger charge is 2.13. The zero-order chi connectivity index (χ0) is 20.3. The van der Waals surface area contributed by atoms with Crippen molar-refractivity contribution in [2.45, 2.75) is 0 Å². The Morgan fingerprint density at radius 3 is 1.53 bits per heavy atom. The van der Waals surface area contributed by atoms with Gasteiger partial charge < -0.3 is 4.74 Å². The Hall–Kier alpha value is -3.69. The molecule has 3 nitrogen and oxygen atoms in total. The maximum absolute atomic E-state index is 5.94. The Kier molecular flexibility index (Phi) is 4.88. The van der Waals surface area contributed by atoms with E-state index in [-0.39, 0.29) is 0 Å². The van der Waals surface area contributed by atoms with Crippen LogP contribution in [0.3, 0.4) is 0 Å². The smallest absolute Gasteiger partial charge is 0.127 e. The summed E-state index contributed by atoms with van der Waals surface area (Å²) in [5.74, 6) is 1.48. The number of halogens is 1. The zero-order valence-corrected chi connectivity index (χ0v) is 16.8. The molecule has 30 heavy (non-hydrogen) atoms. The maximum Gasteiger partial charge on any atom is 0.127 e. The van der Waals surface area contributed by atoms with E-state index in [1.807, 2.05) is 91.0 Å². The monoisotopic (exact) mass is 408 g/mol. The van der Waals surface area contributed by atoms with Crippen molar-refractivity contribution < 1.29 is 4.74 Å². The summed E-state index contributed by atoms with van der Waals surface area (Å²) in [5.41, 5.74) is 5.47. The Morgan fingerprint density at radius 1 is 0.500 bits per heavy atom. The van der Waals surface area contributed by atoms with E-state index in [0.29, 0.717) is 5.02 Å². The molecule has 0 aliphatic heterocycles. The van der Waals surface area contributed by atoms with Crippen LogP contribution in [0.5, 0.6) is 11.5 Å². The molecule has 0 saturated carbocycles. The molecular formula is C26H17ClN2O. The van der Waals surface area contributed by atoms with E-state index in [1.54, 1.807) is 0 Å². The topological polar surface area (TPSA) is 35.0 Å². The third kappa shape index (κ3) is 3.76. The molecule has 0 N–H and O–H groups in total. The van der Waals surface area contributed by atoms with E-state index in [2.05, 4.69) is 12.1 Å². The maximum atomic E-state index is 5.94. The fourth-order valence-corrected chi connectivity index (χ4v) is 3.44. The van der Waals surface area contributed by atoms with Crippen LogP contribution >= 0.6 is 11.6 Å². The van der Waals surface area contributed by atoms with Crippen LogP contribution in [0.25, 0.3) is 33.5 Å². The number of hydrogen-bond acceptors (Lipinski definition) is 3. The lowest BCUT2D eigenvalue weighted by molar-refractivity contribution is 0.483. The number of ether oxygens (including phenoxy) is 1. The second kappa shape index (κ2) is 7.97. The van der Waals surface area contributed by atoms with Crippen molar-refractivity contribution in [3.05, 3.63) is 108 Å². The van der Waals surface area contributed by atoms with Gasteiger partial charge in [0.05, 0.1) is 22.4 Å². The minimum atomic E-state index is 0.681. The first-order chi connectivity index (χ1) is 14.8. The number of para-hydroxylation sites is 2. The average Bonchev–Trinajstić information content (AvgIpc) is 2.81. The summed E-state index contributed by atoms with van der Waals surface area (Å²) in [5, 5.41) is 0.681. The molecular weight excluding hydrogens is 392 g/mol. The van der Waals surface area contributed by atoms with Gasteiger partial charge >= 0.3 is 0 Å². The highest BCUT2D eigenvalue weighted by atomic mass is 35.5. The summed E-state index contributed by atoms with van der Waals surface area (Å²) in [6, 6.07) is 33.3. The van der Waals surface area contributed by atoms with Gasteiger partial charge in [0.25, 0.3) is 0 Å². The van der Waals surface area contributed by atoms with Gasteiger partial charge in [-0.3, -0.25) is 0 Å². The lowest BCUT2D eigenvalue weighted by Crippen LogP contribution is -1.95. The van der Waals surface area contributed by atoms with Crippen LogP contribution in [0.2, 0.25) is 5.02 Å². The Bertz CT molecular complexity index is 1300. The van der Waals surface area contributed by atoms with Gasteiger partial charge in [0.2, 0.25) is 0 Å². The first-order valence-corrected chi connectivity index (χ1v) is 10.0. The van der Waals surface area contributed by atoms with E-state index < -0.39 is 0 Å². The number of benzene rings is 4. The van der Waals surface area contributed by atoms with Crippen molar-refractivity contribution in [1.82, 2.24) is 9.97 Å². The second-order valence-electron chi connectivity index (χ2n) is 6.86. The summed E-state index contributed by atoms with van der Waals surface area (Å²) in [6.45, 7) is 0. The molecule has 0 aliphatic carbocycles. The number of rotatable bonds is 4. The van der Waals surface area contributed by atoms with Crippen molar-refractivity contribution in [3.8, 4) is 34.0 Å². The molecule has 0 radical (unpaired) electrons. The number of fused-ring (bicyclic) bond motifs is 1. The van der Waals surface area contributed by atoms with Crippen LogP contribution in [0.4, 0.5) is 0 Å². The molecule has 0 saturated heterocycles. The number of aromatic nitrogens is 2. The molecule has 0 spiro atoms. The summed E-state index contributed by atoms with van der Waals surface area (Å²) >= 11 is 5.94. The van der Waals surface area contributed by atoms with Crippen molar-refractivity contribution in [2.75, 3.05) is 0 Å². The molecule has 4 heteroatoms. The molecule has 1 heterocycles. The second-order valence-corrected chi connectivity index (χ2v) is 7.29. The van der Waals surface area contributed by atoms with Crippen molar-refractivity contribution in [3.63, 3.8) is 0 Å². The van der Waals surface area contributed by atoms with Gasteiger partial charge in [-0.1, -0.05) is 54.1 Å².